The van der Waals surface area contributed by atoms with Crippen molar-refractivity contribution in [2.45, 2.75) is 57.5 Å². The monoisotopic (exact) mass is 376 g/mol. The SMILES string of the molecule is CC1(c2nc(-c3cccc(CN4CCCCC4)c3)no2)CCCCN1.Cl. The van der Waals surface area contributed by atoms with Crippen LogP contribution in [0.4, 0.5) is 0 Å². The Morgan fingerprint density at radius 2 is 2.00 bits per heavy atom. The lowest BCUT2D eigenvalue weighted by Crippen LogP contribution is -2.43. The molecule has 2 aromatic rings. The molecule has 0 aliphatic carbocycles. The van der Waals surface area contributed by atoms with E-state index in [0.29, 0.717) is 11.7 Å². The number of nitrogens with zero attached hydrogens (tertiary/aromatic N) is 3. The minimum absolute atomic E-state index is 0. The summed E-state index contributed by atoms with van der Waals surface area (Å²) in [6.45, 7) is 6.61. The molecule has 1 N–H and O–H groups in total. The zero-order chi connectivity index (χ0) is 17.1. The molecule has 0 amide bonds. The van der Waals surface area contributed by atoms with Gasteiger partial charge in [0.05, 0.1) is 5.54 Å². The Bertz CT molecular complexity index is 705. The molecule has 1 aromatic heterocycles. The van der Waals surface area contributed by atoms with E-state index in [1.54, 1.807) is 0 Å². The molecule has 2 fully saturated rings. The number of aromatic nitrogens is 2. The van der Waals surface area contributed by atoms with E-state index in [2.05, 4.69) is 46.6 Å². The molecule has 1 unspecified atom stereocenters. The Hall–Kier alpha value is -1.43. The molecule has 26 heavy (non-hydrogen) atoms. The van der Waals surface area contributed by atoms with Gasteiger partial charge in [0.25, 0.3) is 0 Å². The van der Waals surface area contributed by atoms with E-state index in [4.69, 9.17) is 9.51 Å². The summed E-state index contributed by atoms with van der Waals surface area (Å²) >= 11 is 0. The number of benzene rings is 1. The summed E-state index contributed by atoms with van der Waals surface area (Å²) in [7, 11) is 0. The highest BCUT2D eigenvalue weighted by Crippen LogP contribution is 2.30. The maximum Gasteiger partial charge on any atom is 0.246 e. The van der Waals surface area contributed by atoms with E-state index in [9.17, 15) is 0 Å². The first-order valence-electron chi connectivity index (χ1n) is 9.64. The van der Waals surface area contributed by atoms with E-state index in [1.807, 2.05) is 0 Å². The summed E-state index contributed by atoms with van der Waals surface area (Å²) in [5, 5.41) is 7.79. The molecule has 2 aliphatic heterocycles. The Kier molecular flexibility index (Phi) is 6.33. The van der Waals surface area contributed by atoms with Crippen LogP contribution in [-0.2, 0) is 12.1 Å². The van der Waals surface area contributed by atoms with Crippen LogP contribution >= 0.6 is 12.4 Å². The molecule has 2 saturated heterocycles. The van der Waals surface area contributed by atoms with E-state index in [0.717, 1.165) is 25.1 Å². The van der Waals surface area contributed by atoms with E-state index in [1.165, 1.54) is 50.8 Å². The first-order chi connectivity index (χ1) is 12.2. The van der Waals surface area contributed by atoms with Crippen LogP contribution in [0.1, 0.15) is 56.9 Å². The summed E-state index contributed by atoms with van der Waals surface area (Å²) < 4.78 is 5.62. The van der Waals surface area contributed by atoms with Gasteiger partial charge in [-0.05, 0) is 70.3 Å². The number of rotatable bonds is 4. The molecule has 4 rings (SSSR count). The van der Waals surface area contributed by atoms with Crippen LogP contribution in [0.2, 0.25) is 0 Å². The number of halogens is 1. The van der Waals surface area contributed by atoms with Crippen molar-refractivity contribution in [3.05, 3.63) is 35.7 Å². The van der Waals surface area contributed by atoms with Gasteiger partial charge in [-0.1, -0.05) is 29.8 Å². The Labute approximate surface area is 162 Å². The van der Waals surface area contributed by atoms with Crippen LogP contribution in [0.15, 0.2) is 28.8 Å². The van der Waals surface area contributed by atoms with E-state index >= 15 is 0 Å². The standard InChI is InChI=1S/C20H28N4O.ClH/c1-20(10-3-4-11-21-20)19-22-18(23-25-19)17-9-7-8-16(14-17)15-24-12-5-2-6-13-24;/h7-9,14,21H,2-6,10-13,15H2,1H3;1H. The molecule has 5 nitrogen and oxygen atoms in total. The van der Waals surface area contributed by atoms with Gasteiger partial charge in [0, 0.05) is 12.1 Å². The summed E-state index contributed by atoms with van der Waals surface area (Å²) in [6, 6.07) is 8.58. The predicted octanol–water partition coefficient (Wildman–Crippen LogP) is 4.13. The van der Waals surface area contributed by atoms with Crippen molar-refractivity contribution < 1.29 is 4.52 Å². The fourth-order valence-electron chi connectivity index (χ4n) is 3.99. The topological polar surface area (TPSA) is 54.2 Å². The van der Waals surface area contributed by atoms with Gasteiger partial charge in [-0.2, -0.15) is 4.98 Å². The Balaban J connectivity index is 0.00000196. The minimum atomic E-state index is -0.186. The quantitative estimate of drug-likeness (QED) is 0.869. The molecule has 1 aromatic carbocycles. The molecule has 3 heterocycles. The molecular weight excluding hydrogens is 348 g/mol. The van der Waals surface area contributed by atoms with Crippen molar-refractivity contribution in [3.8, 4) is 11.4 Å². The third kappa shape index (κ3) is 4.27. The minimum Gasteiger partial charge on any atom is -0.337 e. The predicted molar refractivity (Wildman–Crippen MR) is 105 cm³/mol. The lowest BCUT2D eigenvalue weighted by molar-refractivity contribution is 0.207. The third-order valence-electron chi connectivity index (χ3n) is 5.56. The zero-order valence-electron chi connectivity index (χ0n) is 15.5. The Morgan fingerprint density at radius 1 is 1.15 bits per heavy atom. The van der Waals surface area contributed by atoms with Gasteiger partial charge in [0.2, 0.25) is 11.7 Å². The normalized spacial score (nSPS) is 24.2. The maximum absolute atomic E-state index is 5.62. The number of hydrogen-bond acceptors (Lipinski definition) is 5. The second kappa shape index (κ2) is 8.51. The van der Waals surface area contributed by atoms with Crippen LogP contribution in [-0.4, -0.2) is 34.7 Å². The largest absolute Gasteiger partial charge is 0.337 e. The first kappa shape index (κ1) is 19.3. The summed E-state index contributed by atoms with van der Waals surface area (Å²) in [6.07, 6.45) is 7.47. The molecule has 0 bridgehead atoms. The molecule has 0 spiro atoms. The van der Waals surface area contributed by atoms with E-state index < -0.39 is 0 Å². The van der Waals surface area contributed by atoms with Gasteiger partial charge in [-0.25, -0.2) is 0 Å². The van der Waals surface area contributed by atoms with Crippen molar-refractivity contribution in [1.29, 1.82) is 0 Å². The zero-order valence-corrected chi connectivity index (χ0v) is 16.4. The van der Waals surface area contributed by atoms with Crippen LogP contribution in [0.5, 0.6) is 0 Å². The lowest BCUT2D eigenvalue weighted by Gasteiger charge is -2.31. The third-order valence-corrected chi connectivity index (χ3v) is 5.56. The summed E-state index contributed by atoms with van der Waals surface area (Å²) in [5.74, 6) is 1.41. The molecule has 6 heteroatoms. The van der Waals surface area contributed by atoms with Gasteiger partial charge >= 0.3 is 0 Å². The Morgan fingerprint density at radius 3 is 2.77 bits per heavy atom. The lowest BCUT2D eigenvalue weighted by atomic mass is 9.91. The van der Waals surface area contributed by atoms with Crippen molar-refractivity contribution >= 4 is 12.4 Å². The van der Waals surface area contributed by atoms with Crippen molar-refractivity contribution in [3.63, 3.8) is 0 Å². The highest BCUT2D eigenvalue weighted by atomic mass is 35.5. The number of likely N-dealkylation sites (tertiary alicyclic amines) is 1. The van der Waals surface area contributed by atoms with Gasteiger partial charge in [-0.15, -0.1) is 12.4 Å². The van der Waals surface area contributed by atoms with Gasteiger partial charge in [0.1, 0.15) is 0 Å². The molecule has 0 radical (unpaired) electrons. The van der Waals surface area contributed by atoms with Crippen molar-refractivity contribution in [2.75, 3.05) is 19.6 Å². The second-order valence-electron chi connectivity index (χ2n) is 7.68. The summed E-state index contributed by atoms with van der Waals surface area (Å²) in [4.78, 5) is 7.25. The highest BCUT2D eigenvalue weighted by Gasteiger charge is 2.34. The van der Waals surface area contributed by atoms with Crippen molar-refractivity contribution in [2.24, 2.45) is 0 Å². The molecule has 1 atom stereocenters. The van der Waals surface area contributed by atoms with E-state index in [-0.39, 0.29) is 17.9 Å². The van der Waals surface area contributed by atoms with Gasteiger partial charge in [-0.3, -0.25) is 4.90 Å². The highest BCUT2D eigenvalue weighted by molar-refractivity contribution is 5.85. The fraction of sp³-hybridized carbons (Fsp3) is 0.600. The average Bonchev–Trinajstić information content (AvgIpc) is 3.15. The van der Waals surface area contributed by atoms with Crippen molar-refractivity contribution in [1.82, 2.24) is 20.4 Å². The molecule has 142 valence electrons. The van der Waals surface area contributed by atoms with Gasteiger partial charge < -0.3 is 9.84 Å². The van der Waals surface area contributed by atoms with Gasteiger partial charge in [0.15, 0.2) is 0 Å². The van der Waals surface area contributed by atoms with Crippen LogP contribution in [0.25, 0.3) is 11.4 Å². The number of hydrogen-bond donors (Lipinski definition) is 1. The smallest absolute Gasteiger partial charge is 0.246 e. The van der Waals surface area contributed by atoms with Crippen LogP contribution in [0, 0.1) is 0 Å². The molecule has 2 aliphatic rings. The maximum atomic E-state index is 5.62. The average molecular weight is 377 g/mol. The number of piperidine rings is 2. The van der Waals surface area contributed by atoms with Crippen LogP contribution < -0.4 is 5.32 Å². The second-order valence-corrected chi connectivity index (χ2v) is 7.68. The molecular formula is C20H29ClN4O. The summed E-state index contributed by atoms with van der Waals surface area (Å²) in [5.41, 5.74) is 2.19. The first-order valence-corrected chi connectivity index (χ1v) is 9.64. The van der Waals surface area contributed by atoms with Crippen LogP contribution in [0.3, 0.4) is 0 Å². The molecule has 0 saturated carbocycles. The number of nitrogens with one attached hydrogen (secondary N) is 1. The fourth-order valence-corrected chi connectivity index (χ4v) is 3.99.